The first-order valence-corrected chi connectivity index (χ1v) is 4.43. The highest BCUT2D eigenvalue weighted by Crippen LogP contribution is 2.27. The topological polar surface area (TPSA) is 55.8 Å². The van der Waals surface area contributed by atoms with E-state index in [4.69, 9.17) is 9.39 Å². The van der Waals surface area contributed by atoms with E-state index >= 15 is 0 Å². The molecule has 0 saturated carbocycles. The van der Waals surface area contributed by atoms with Crippen LogP contribution >= 0.6 is 0 Å². The minimum absolute atomic E-state index is 0.0722. The molecule has 0 aromatic heterocycles. The Morgan fingerprint density at radius 2 is 2.36 bits per heavy atom. The summed E-state index contributed by atoms with van der Waals surface area (Å²) in [5.74, 6) is -0.361. The third kappa shape index (κ3) is 2.24. The monoisotopic (exact) mass is 196 g/mol. The molecular weight excluding hydrogens is 183 g/mol. The largest absolute Gasteiger partial charge is 0.491 e. The van der Waals surface area contributed by atoms with E-state index in [-0.39, 0.29) is 12.4 Å². The summed E-state index contributed by atoms with van der Waals surface area (Å²) in [4.78, 5) is 11.1. The highest BCUT2D eigenvalue weighted by Gasteiger charge is 2.36. The van der Waals surface area contributed by atoms with E-state index in [0.717, 1.165) is 0 Å². The smallest absolute Gasteiger partial charge is 0.466 e. The van der Waals surface area contributed by atoms with Gasteiger partial charge < -0.3 is 14.4 Å². The van der Waals surface area contributed by atoms with Gasteiger partial charge in [-0.3, -0.25) is 4.79 Å². The number of esters is 1. The predicted molar refractivity (Wildman–Crippen MR) is 52.4 cm³/mol. The highest BCUT2D eigenvalue weighted by atomic mass is 16.5. The molecule has 1 unspecified atom stereocenters. The highest BCUT2D eigenvalue weighted by molar-refractivity contribution is 6.55. The van der Waals surface area contributed by atoms with Gasteiger partial charge in [0.15, 0.2) is 0 Å². The quantitative estimate of drug-likeness (QED) is 0.526. The van der Waals surface area contributed by atoms with Crippen LogP contribution in [0.25, 0.3) is 0 Å². The van der Waals surface area contributed by atoms with Crippen molar-refractivity contribution >= 4 is 13.1 Å². The maximum atomic E-state index is 11.1. The molecule has 1 fully saturated rings. The van der Waals surface area contributed by atoms with Gasteiger partial charge in [0.2, 0.25) is 0 Å². The van der Waals surface area contributed by atoms with E-state index < -0.39 is 13.2 Å². The molecule has 0 aromatic rings. The van der Waals surface area contributed by atoms with E-state index in [1.165, 1.54) is 0 Å². The second-order valence-electron chi connectivity index (χ2n) is 3.04. The van der Waals surface area contributed by atoms with Crippen LogP contribution in [-0.4, -0.2) is 30.8 Å². The van der Waals surface area contributed by atoms with Crippen LogP contribution in [0.1, 0.15) is 13.3 Å². The molecule has 14 heavy (non-hydrogen) atoms. The third-order valence-corrected chi connectivity index (χ3v) is 2.05. The Bertz CT molecular complexity index is 274. The molecule has 1 aliphatic heterocycles. The van der Waals surface area contributed by atoms with Gasteiger partial charge >= 0.3 is 13.1 Å². The summed E-state index contributed by atoms with van der Waals surface area (Å²) >= 11 is 0. The minimum atomic E-state index is -1.04. The van der Waals surface area contributed by atoms with Crippen molar-refractivity contribution in [2.75, 3.05) is 6.61 Å². The van der Waals surface area contributed by atoms with Gasteiger partial charge in [-0.25, -0.2) is 0 Å². The SMILES string of the molecule is C=C1B(O)OC(CC(=O)OCC)C1=C. The molecule has 0 aromatic carbocycles. The van der Waals surface area contributed by atoms with Crippen LogP contribution in [0.2, 0.25) is 0 Å². The fourth-order valence-corrected chi connectivity index (χ4v) is 1.23. The number of carbonyl (C=O) groups is 1. The number of ether oxygens (including phenoxy) is 1. The standard InChI is InChI=1S/C9H13BO4/c1-4-13-9(11)5-8-6(2)7(3)10(12)14-8/h8,12H,2-5H2,1H3. The van der Waals surface area contributed by atoms with Crippen LogP contribution in [-0.2, 0) is 14.2 Å². The lowest BCUT2D eigenvalue weighted by molar-refractivity contribution is -0.144. The van der Waals surface area contributed by atoms with Gasteiger partial charge in [0, 0.05) is 0 Å². The Morgan fingerprint density at radius 3 is 2.79 bits per heavy atom. The fraction of sp³-hybridized carbons (Fsp3) is 0.444. The normalized spacial score (nSPS) is 21.6. The lowest BCUT2D eigenvalue weighted by Crippen LogP contribution is -2.19. The molecule has 0 radical (unpaired) electrons. The number of rotatable bonds is 3. The lowest BCUT2D eigenvalue weighted by atomic mass is 9.79. The molecule has 5 heteroatoms. The molecule has 1 N–H and O–H groups in total. The van der Waals surface area contributed by atoms with Crippen molar-refractivity contribution in [1.29, 1.82) is 0 Å². The Morgan fingerprint density at radius 1 is 1.71 bits per heavy atom. The second kappa shape index (κ2) is 4.44. The first kappa shape index (κ1) is 11.0. The first-order valence-electron chi connectivity index (χ1n) is 4.43. The Balaban J connectivity index is 2.51. The van der Waals surface area contributed by atoms with Gasteiger partial charge in [0.25, 0.3) is 0 Å². The van der Waals surface area contributed by atoms with E-state index in [2.05, 4.69) is 13.2 Å². The molecule has 1 atom stereocenters. The van der Waals surface area contributed by atoms with Gasteiger partial charge in [-0.1, -0.05) is 13.2 Å². The van der Waals surface area contributed by atoms with Crippen molar-refractivity contribution < 1.29 is 19.2 Å². The number of carbonyl (C=O) groups excluding carboxylic acids is 1. The summed E-state index contributed by atoms with van der Waals surface area (Å²) in [5, 5.41) is 9.25. The van der Waals surface area contributed by atoms with Crippen molar-refractivity contribution in [3.05, 3.63) is 24.2 Å². The molecule has 1 heterocycles. The molecule has 0 amide bonds. The fourth-order valence-electron chi connectivity index (χ4n) is 1.23. The molecule has 76 valence electrons. The lowest BCUT2D eigenvalue weighted by Gasteiger charge is -2.10. The molecular formula is C9H13BO4. The zero-order valence-electron chi connectivity index (χ0n) is 8.16. The average Bonchev–Trinajstić information content (AvgIpc) is 2.34. The summed E-state index contributed by atoms with van der Waals surface area (Å²) in [6.45, 7) is 9.35. The molecule has 0 bridgehead atoms. The molecule has 0 aliphatic carbocycles. The predicted octanol–water partition coefficient (Wildman–Crippen LogP) is 0.470. The summed E-state index contributed by atoms with van der Waals surface area (Å²) in [6, 6.07) is 0. The van der Waals surface area contributed by atoms with Crippen LogP contribution in [0.5, 0.6) is 0 Å². The Labute approximate surface area is 83.3 Å². The van der Waals surface area contributed by atoms with Crippen molar-refractivity contribution in [1.82, 2.24) is 0 Å². The van der Waals surface area contributed by atoms with E-state index in [1.54, 1.807) is 6.92 Å². The minimum Gasteiger partial charge on any atom is -0.466 e. The van der Waals surface area contributed by atoms with E-state index in [0.29, 0.717) is 17.7 Å². The molecule has 1 saturated heterocycles. The summed E-state index contributed by atoms with van der Waals surface area (Å²) in [5.41, 5.74) is 0.991. The van der Waals surface area contributed by atoms with Gasteiger partial charge in [0.1, 0.15) is 0 Å². The van der Waals surface area contributed by atoms with Gasteiger partial charge in [0.05, 0.1) is 19.1 Å². The average molecular weight is 196 g/mol. The van der Waals surface area contributed by atoms with E-state index in [1.807, 2.05) is 0 Å². The Kier molecular flexibility index (Phi) is 3.49. The third-order valence-electron chi connectivity index (χ3n) is 2.05. The maximum absolute atomic E-state index is 11.1. The van der Waals surface area contributed by atoms with Crippen molar-refractivity contribution in [2.24, 2.45) is 0 Å². The van der Waals surface area contributed by atoms with Crippen molar-refractivity contribution in [3.8, 4) is 0 Å². The van der Waals surface area contributed by atoms with Crippen LogP contribution < -0.4 is 0 Å². The second-order valence-corrected chi connectivity index (χ2v) is 3.04. The van der Waals surface area contributed by atoms with Crippen LogP contribution in [0.15, 0.2) is 24.2 Å². The van der Waals surface area contributed by atoms with Crippen molar-refractivity contribution in [3.63, 3.8) is 0 Å². The van der Waals surface area contributed by atoms with Gasteiger partial charge in [-0.2, -0.15) is 0 Å². The number of hydrogen-bond donors (Lipinski definition) is 1. The Hall–Kier alpha value is -1.07. The van der Waals surface area contributed by atoms with Crippen LogP contribution in [0.3, 0.4) is 0 Å². The van der Waals surface area contributed by atoms with Crippen molar-refractivity contribution in [2.45, 2.75) is 19.4 Å². The molecule has 0 spiro atoms. The van der Waals surface area contributed by atoms with Crippen LogP contribution in [0, 0.1) is 0 Å². The summed E-state index contributed by atoms with van der Waals surface area (Å²) in [6.07, 6.45) is -0.431. The zero-order chi connectivity index (χ0) is 10.7. The molecule has 4 nitrogen and oxygen atoms in total. The molecule has 1 aliphatic rings. The zero-order valence-corrected chi connectivity index (χ0v) is 8.16. The summed E-state index contributed by atoms with van der Waals surface area (Å²) < 4.78 is 9.81. The first-order chi connectivity index (χ1) is 6.56. The number of hydrogen-bond acceptors (Lipinski definition) is 4. The summed E-state index contributed by atoms with van der Waals surface area (Å²) in [7, 11) is -1.04. The van der Waals surface area contributed by atoms with Gasteiger partial charge in [-0.05, 0) is 18.0 Å². The van der Waals surface area contributed by atoms with E-state index in [9.17, 15) is 9.82 Å². The molecule has 1 rings (SSSR count). The van der Waals surface area contributed by atoms with Gasteiger partial charge in [-0.15, -0.1) is 0 Å². The van der Waals surface area contributed by atoms with Crippen LogP contribution in [0.4, 0.5) is 0 Å². The maximum Gasteiger partial charge on any atom is 0.491 e.